The Labute approximate surface area is 134 Å². The molecule has 126 valence electrons. The van der Waals surface area contributed by atoms with Gasteiger partial charge in [0.25, 0.3) is 0 Å². The number of hydrogen-bond acceptors (Lipinski definition) is 7. The number of allylic oxidation sites excluding steroid dienone is 1. The second-order valence-corrected chi connectivity index (χ2v) is 5.23. The van der Waals surface area contributed by atoms with Gasteiger partial charge in [0.15, 0.2) is 5.41 Å². The van der Waals surface area contributed by atoms with Gasteiger partial charge in [-0.1, -0.05) is 12.2 Å². The fraction of sp³-hybridized carbons (Fsp3) is 0.625. The van der Waals surface area contributed by atoms with Crippen molar-refractivity contribution >= 4 is 23.4 Å². The topological polar surface area (TPSA) is 91.3 Å². The zero-order chi connectivity index (χ0) is 17.1. The van der Waals surface area contributed by atoms with E-state index in [-0.39, 0.29) is 38.4 Å². The molecular formula is C16H21NO6. The lowest BCUT2D eigenvalue weighted by atomic mass is 9.75. The zero-order valence-corrected chi connectivity index (χ0v) is 13.6. The first-order chi connectivity index (χ1) is 11.0. The highest BCUT2D eigenvalue weighted by atomic mass is 16.5. The summed E-state index contributed by atoms with van der Waals surface area (Å²) in [5, 5.41) is 0. The largest absolute Gasteiger partial charge is 0.465 e. The van der Waals surface area contributed by atoms with E-state index in [1.807, 2.05) is 0 Å². The summed E-state index contributed by atoms with van der Waals surface area (Å²) in [6.07, 6.45) is 3.60. The van der Waals surface area contributed by atoms with Crippen molar-refractivity contribution < 1.29 is 28.6 Å². The van der Waals surface area contributed by atoms with Crippen LogP contribution in [0.3, 0.4) is 0 Å². The highest BCUT2D eigenvalue weighted by Gasteiger charge is 2.66. The first kappa shape index (κ1) is 17.3. The van der Waals surface area contributed by atoms with E-state index in [0.29, 0.717) is 0 Å². The number of aliphatic imine (C=N–C) groups is 1. The second kappa shape index (κ2) is 6.62. The van der Waals surface area contributed by atoms with Gasteiger partial charge in [0, 0.05) is 13.0 Å². The van der Waals surface area contributed by atoms with Crippen molar-refractivity contribution in [2.75, 3.05) is 19.8 Å². The number of carbonyl (C=O) groups excluding carboxylic acids is 3. The molecule has 2 aliphatic rings. The molecule has 1 heterocycles. The molecule has 1 aliphatic heterocycles. The van der Waals surface area contributed by atoms with E-state index in [1.54, 1.807) is 32.9 Å². The molecule has 0 aromatic rings. The van der Waals surface area contributed by atoms with Gasteiger partial charge in [-0.3, -0.25) is 9.59 Å². The summed E-state index contributed by atoms with van der Waals surface area (Å²) >= 11 is 0. The van der Waals surface area contributed by atoms with E-state index < -0.39 is 28.9 Å². The second-order valence-electron chi connectivity index (χ2n) is 5.23. The average Bonchev–Trinajstić information content (AvgIpc) is 2.65. The molecule has 0 amide bonds. The van der Waals surface area contributed by atoms with E-state index >= 15 is 0 Å². The molecular weight excluding hydrogens is 302 g/mol. The quantitative estimate of drug-likeness (QED) is 0.414. The van der Waals surface area contributed by atoms with Crippen molar-refractivity contribution in [2.24, 2.45) is 10.4 Å². The molecule has 2 bridgehead atoms. The fourth-order valence-electron chi connectivity index (χ4n) is 2.94. The van der Waals surface area contributed by atoms with Gasteiger partial charge < -0.3 is 14.2 Å². The van der Waals surface area contributed by atoms with Gasteiger partial charge in [0.1, 0.15) is 5.71 Å². The van der Waals surface area contributed by atoms with Crippen molar-refractivity contribution in [3.8, 4) is 0 Å². The maximum absolute atomic E-state index is 13.1. The Morgan fingerprint density at radius 1 is 1.09 bits per heavy atom. The minimum Gasteiger partial charge on any atom is -0.465 e. The molecule has 0 aromatic carbocycles. The minimum atomic E-state index is -1.79. The number of carbonyl (C=O) groups is 3. The molecule has 0 fully saturated rings. The summed E-state index contributed by atoms with van der Waals surface area (Å²) < 4.78 is 15.6. The van der Waals surface area contributed by atoms with E-state index in [0.717, 1.165) is 0 Å². The molecule has 2 atom stereocenters. The Morgan fingerprint density at radius 3 is 2.35 bits per heavy atom. The highest BCUT2D eigenvalue weighted by Crippen LogP contribution is 2.45. The summed E-state index contributed by atoms with van der Waals surface area (Å²) in [5.41, 5.74) is -3.57. The highest BCUT2D eigenvalue weighted by molar-refractivity contribution is 6.51. The van der Waals surface area contributed by atoms with Crippen LogP contribution >= 0.6 is 0 Å². The van der Waals surface area contributed by atoms with E-state index in [2.05, 4.69) is 4.99 Å². The predicted octanol–water partition coefficient (Wildman–Crippen LogP) is 1.21. The van der Waals surface area contributed by atoms with Crippen molar-refractivity contribution in [1.82, 2.24) is 0 Å². The molecule has 0 radical (unpaired) electrons. The van der Waals surface area contributed by atoms with Crippen LogP contribution in [0.5, 0.6) is 0 Å². The summed E-state index contributed by atoms with van der Waals surface area (Å²) in [6, 6.07) is 0. The first-order valence-electron chi connectivity index (χ1n) is 7.77. The maximum Gasteiger partial charge on any atom is 0.354 e. The van der Waals surface area contributed by atoms with Crippen molar-refractivity contribution in [1.29, 1.82) is 0 Å². The molecule has 0 saturated carbocycles. The van der Waals surface area contributed by atoms with Crippen molar-refractivity contribution in [3.63, 3.8) is 0 Å². The molecule has 7 heteroatoms. The number of Topliss-reactive ketones (excluding diaryl/α,β-unsaturated/α-hetero) is 1. The molecule has 0 aromatic heterocycles. The van der Waals surface area contributed by atoms with Gasteiger partial charge in [0.05, 0.1) is 13.2 Å². The zero-order valence-electron chi connectivity index (χ0n) is 13.6. The first-order valence-corrected chi connectivity index (χ1v) is 7.77. The summed E-state index contributed by atoms with van der Waals surface area (Å²) in [6.45, 7) is 5.43. The number of ether oxygens (including phenoxy) is 3. The van der Waals surface area contributed by atoms with Crippen LogP contribution in [0.4, 0.5) is 0 Å². The molecule has 1 aliphatic carbocycles. The van der Waals surface area contributed by atoms with Crippen LogP contribution < -0.4 is 0 Å². The van der Waals surface area contributed by atoms with Gasteiger partial charge in [-0.15, -0.1) is 0 Å². The Kier molecular flexibility index (Phi) is 4.99. The van der Waals surface area contributed by atoms with Crippen LogP contribution in [0.1, 0.15) is 33.6 Å². The Balaban J connectivity index is 2.59. The minimum absolute atomic E-state index is 0.0111. The SMILES string of the molecule is CCOC(=O)C1=N[C@@]2(OCC)CC=CC[C@]1(C(=O)OCC)C2=O. The third kappa shape index (κ3) is 2.59. The monoisotopic (exact) mass is 323 g/mol. The summed E-state index contributed by atoms with van der Waals surface area (Å²) in [5.74, 6) is -2.13. The van der Waals surface area contributed by atoms with Crippen molar-refractivity contribution in [2.45, 2.75) is 39.3 Å². The van der Waals surface area contributed by atoms with Crippen LogP contribution in [-0.2, 0) is 28.6 Å². The number of hydrogen-bond donors (Lipinski definition) is 0. The maximum atomic E-state index is 13.1. The predicted molar refractivity (Wildman–Crippen MR) is 80.9 cm³/mol. The standard InChI is InChI=1S/C16H21NO6/c1-4-21-12(18)11-15(14(20)22-5-2)9-7-8-10-16(17-11,13(15)19)23-6-3/h7-8H,4-6,9-10H2,1-3H3/t15-,16-/m1/s1. The van der Waals surface area contributed by atoms with Gasteiger partial charge in [0.2, 0.25) is 11.5 Å². The van der Waals surface area contributed by atoms with E-state index in [1.165, 1.54) is 0 Å². The smallest absolute Gasteiger partial charge is 0.354 e. The van der Waals surface area contributed by atoms with Crippen LogP contribution in [0.2, 0.25) is 0 Å². The third-order valence-corrected chi connectivity index (χ3v) is 3.90. The molecule has 23 heavy (non-hydrogen) atoms. The summed E-state index contributed by atoms with van der Waals surface area (Å²) in [7, 11) is 0. The number of esters is 2. The van der Waals surface area contributed by atoms with Gasteiger partial charge >= 0.3 is 11.9 Å². The van der Waals surface area contributed by atoms with Crippen LogP contribution in [0, 0.1) is 5.41 Å². The van der Waals surface area contributed by atoms with Gasteiger partial charge in [-0.2, -0.15) is 0 Å². The number of fused-ring (bicyclic) bond motifs is 2. The van der Waals surface area contributed by atoms with E-state index in [9.17, 15) is 14.4 Å². The molecule has 0 saturated heterocycles. The molecule has 0 unspecified atom stereocenters. The Bertz CT molecular complexity index is 581. The molecule has 0 spiro atoms. The Morgan fingerprint density at radius 2 is 1.74 bits per heavy atom. The third-order valence-electron chi connectivity index (χ3n) is 3.90. The van der Waals surface area contributed by atoms with Crippen molar-refractivity contribution in [3.05, 3.63) is 12.2 Å². The van der Waals surface area contributed by atoms with Gasteiger partial charge in [-0.25, -0.2) is 9.79 Å². The molecule has 0 N–H and O–H groups in total. The van der Waals surface area contributed by atoms with Crippen LogP contribution in [0.25, 0.3) is 0 Å². The normalized spacial score (nSPS) is 29.0. The lowest BCUT2D eigenvalue weighted by molar-refractivity contribution is -0.162. The fourth-order valence-corrected chi connectivity index (χ4v) is 2.94. The van der Waals surface area contributed by atoms with Crippen LogP contribution in [-0.4, -0.2) is 49.0 Å². The number of ketones is 1. The Hall–Kier alpha value is -2.02. The molecule has 7 nitrogen and oxygen atoms in total. The van der Waals surface area contributed by atoms with Gasteiger partial charge in [-0.05, 0) is 27.2 Å². The summed E-state index contributed by atoms with van der Waals surface area (Å²) in [4.78, 5) is 42.2. The average molecular weight is 323 g/mol. The number of rotatable bonds is 6. The number of nitrogens with zero attached hydrogens (tertiary/aromatic N) is 1. The van der Waals surface area contributed by atoms with E-state index in [4.69, 9.17) is 14.2 Å². The lowest BCUT2D eigenvalue weighted by Gasteiger charge is -2.27. The van der Waals surface area contributed by atoms with Crippen LogP contribution in [0.15, 0.2) is 17.1 Å². The lowest BCUT2D eigenvalue weighted by Crippen LogP contribution is -2.51. The molecule has 2 rings (SSSR count).